The zero-order valence-electron chi connectivity index (χ0n) is 16.5. The van der Waals surface area contributed by atoms with Crippen molar-refractivity contribution in [3.05, 3.63) is 58.6 Å². The Bertz CT molecular complexity index is 1060. The summed E-state index contributed by atoms with van der Waals surface area (Å²) in [6.07, 6.45) is 0. The molecule has 3 rings (SSSR count). The maximum absolute atomic E-state index is 12.7. The number of halogens is 3. The number of para-hydroxylation sites is 1. The van der Waals surface area contributed by atoms with Crippen LogP contribution in [0.25, 0.3) is 0 Å². The van der Waals surface area contributed by atoms with Crippen LogP contribution in [0.4, 0.5) is 24.5 Å². The van der Waals surface area contributed by atoms with Gasteiger partial charge < -0.3 is 9.80 Å². The standard InChI is InChI=1S/C19H18F3N3O5S2/c20-19(21,22)32(30)15-6-7-17(16(12-15)25(27)28)31(29)13-18(26)24-10-8-23(9-11-24)14-4-2-1-3-5-14/h1-7,12H,8-11,13H2/t31-,32+/m0/s1. The van der Waals surface area contributed by atoms with E-state index in [1.807, 2.05) is 30.3 Å². The predicted octanol–water partition coefficient (Wildman–Crippen LogP) is 2.68. The quantitative estimate of drug-likeness (QED) is 0.457. The summed E-state index contributed by atoms with van der Waals surface area (Å²) in [6.45, 7) is 1.86. The van der Waals surface area contributed by atoms with Crippen molar-refractivity contribution < 1.29 is 31.3 Å². The molecule has 2 atom stereocenters. The number of piperazine rings is 1. The Morgan fingerprint density at radius 1 is 1.03 bits per heavy atom. The first-order chi connectivity index (χ1) is 15.1. The summed E-state index contributed by atoms with van der Waals surface area (Å²) in [5.41, 5.74) is -4.96. The number of nitrogens with zero attached hydrogens (tertiary/aromatic N) is 3. The first-order valence-corrected chi connectivity index (χ1v) is 11.8. The first kappa shape index (κ1) is 23.9. The molecular weight excluding hydrogens is 471 g/mol. The van der Waals surface area contributed by atoms with Gasteiger partial charge in [0.1, 0.15) is 10.6 Å². The Balaban J connectivity index is 1.68. The van der Waals surface area contributed by atoms with E-state index < -0.39 is 59.2 Å². The maximum atomic E-state index is 12.7. The molecule has 172 valence electrons. The summed E-state index contributed by atoms with van der Waals surface area (Å²) in [7, 11) is -5.63. The molecule has 1 amide bonds. The molecule has 32 heavy (non-hydrogen) atoms. The van der Waals surface area contributed by atoms with Crippen molar-refractivity contribution in [3.8, 4) is 0 Å². The summed E-state index contributed by atoms with van der Waals surface area (Å²) in [5, 5.41) is 11.3. The fourth-order valence-corrected chi connectivity index (χ4v) is 5.04. The number of nitro groups is 1. The van der Waals surface area contributed by atoms with Crippen molar-refractivity contribution in [2.24, 2.45) is 0 Å². The van der Waals surface area contributed by atoms with Gasteiger partial charge in [-0.15, -0.1) is 0 Å². The first-order valence-electron chi connectivity index (χ1n) is 9.31. The van der Waals surface area contributed by atoms with Gasteiger partial charge in [0.25, 0.3) is 5.69 Å². The Kier molecular flexibility index (Phi) is 7.29. The summed E-state index contributed by atoms with van der Waals surface area (Å²) in [4.78, 5) is 25.2. The van der Waals surface area contributed by atoms with Gasteiger partial charge in [0, 0.05) is 37.9 Å². The van der Waals surface area contributed by atoms with Crippen molar-refractivity contribution in [2.45, 2.75) is 15.3 Å². The lowest BCUT2D eigenvalue weighted by Crippen LogP contribution is -2.49. The molecule has 1 saturated heterocycles. The van der Waals surface area contributed by atoms with E-state index in [4.69, 9.17) is 0 Å². The Morgan fingerprint density at radius 2 is 1.66 bits per heavy atom. The van der Waals surface area contributed by atoms with Crippen LogP contribution in [-0.4, -0.2) is 61.6 Å². The van der Waals surface area contributed by atoms with Crippen LogP contribution >= 0.6 is 0 Å². The van der Waals surface area contributed by atoms with Crippen molar-refractivity contribution in [1.29, 1.82) is 0 Å². The number of benzene rings is 2. The van der Waals surface area contributed by atoms with E-state index >= 15 is 0 Å². The van der Waals surface area contributed by atoms with E-state index in [1.54, 1.807) is 0 Å². The molecule has 1 fully saturated rings. The van der Waals surface area contributed by atoms with Gasteiger partial charge in [0.15, 0.2) is 10.8 Å². The SMILES string of the molecule is O=C(C[S@](=O)c1ccc([S@@](=O)C(F)(F)F)cc1[N+](=O)[O-])N1CCN(c2ccccc2)CC1. The van der Waals surface area contributed by atoms with Crippen LogP contribution in [0.2, 0.25) is 0 Å². The average Bonchev–Trinajstić information content (AvgIpc) is 2.78. The molecule has 0 radical (unpaired) electrons. The van der Waals surface area contributed by atoms with E-state index in [0.29, 0.717) is 32.2 Å². The second-order valence-electron chi connectivity index (χ2n) is 6.79. The van der Waals surface area contributed by atoms with Gasteiger partial charge in [0.2, 0.25) is 5.91 Å². The van der Waals surface area contributed by atoms with Crippen molar-refractivity contribution >= 4 is 38.9 Å². The number of hydrogen-bond donors (Lipinski definition) is 0. The number of anilines is 1. The number of hydrogen-bond acceptors (Lipinski definition) is 6. The lowest BCUT2D eigenvalue weighted by atomic mass is 10.2. The van der Waals surface area contributed by atoms with Gasteiger partial charge in [-0.2, -0.15) is 13.2 Å². The molecule has 0 aromatic heterocycles. The summed E-state index contributed by atoms with van der Waals surface area (Å²) >= 11 is 0. The Hall–Kier alpha value is -2.80. The molecule has 8 nitrogen and oxygen atoms in total. The van der Waals surface area contributed by atoms with Crippen molar-refractivity contribution in [1.82, 2.24) is 4.90 Å². The van der Waals surface area contributed by atoms with Crippen LogP contribution < -0.4 is 4.90 Å². The molecule has 0 unspecified atom stereocenters. The van der Waals surface area contributed by atoms with E-state index in [1.165, 1.54) is 4.90 Å². The van der Waals surface area contributed by atoms with Crippen LogP contribution in [0.3, 0.4) is 0 Å². The molecule has 0 saturated carbocycles. The van der Waals surface area contributed by atoms with Crippen molar-refractivity contribution in [2.75, 3.05) is 36.8 Å². The minimum absolute atomic E-state index is 0.372. The van der Waals surface area contributed by atoms with E-state index in [0.717, 1.165) is 17.8 Å². The van der Waals surface area contributed by atoms with Gasteiger partial charge in [-0.05, 0) is 24.3 Å². The lowest BCUT2D eigenvalue weighted by Gasteiger charge is -2.36. The third-order valence-electron chi connectivity index (χ3n) is 4.80. The van der Waals surface area contributed by atoms with Gasteiger partial charge in [0.05, 0.1) is 20.6 Å². The summed E-state index contributed by atoms with van der Waals surface area (Å²) in [5.74, 6) is -1.03. The largest absolute Gasteiger partial charge is 0.475 e. The normalized spacial score (nSPS) is 16.5. The number of amides is 1. The van der Waals surface area contributed by atoms with Crippen LogP contribution in [0.5, 0.6) is 0 Å². The molecule has 0 bridgehead atoms. The molecule has 1 heterocycles. The molecule has 0 aliphatic carbocycles. The highest BCUT2D eigenvalue weighted by molar-refractivity contribution is 7.86. The average molecular weight is 489 g/mol. The zero-order valence-corrected chi connectivity index (χ0v) is 18.1. The minimum Gasteiger partial charge on any atom is -0.368 e. The number of carbonyl (C=O) groups excluding carboxylic acids is 1. The van der Waals surface area contributed by atoms with Gasteiger partial charge >= 0.3 is 5.51 Å². The van der Waals surface area contributed by atoms with E-state index in [-0.39, 0.29) is 0 Å². The van der Waals surface area contributed by atoms with Gasteiger partial charge in [-0.3, -0.25) is 19.1 Å². The maximum Gasteiger partial charge on any atom is 0.475 e. The molecule has 1 aliphatic rings. The third-order valence-corrected chi connectivity index (χ3v) is 7.25. The summed E-state index contributed by atoms with van der Waals surface area (Å²) in [6, 6.07) is 11.7. The second-order valence-corrected chi connectivity index (χ2v) is 9.69. The van der Waals surface area contributed by atoms with Crippen molar-refractivity contribution in [3.63, 3.8) is 0 Å². The number of nitro benzene ring substituents is 1. The summed E-state index contributed by atoms with van der Waals surface area (Å²) < 4.78 is 62.1. The van der Waals surface area contributed by atoms with E-state index in [2.05, 4.69) is 4.90 Å². The highest BCUT2D eigenvalue weighted by atomic mass is 32.2. The van der Waals surface area contributed by atoms with Gasteiger partial charge in [-0.1, -0.05) is 18.2 Å². The highest BCUT2D eigenvalue weighted by Crippen LogP contribution is 2.31. The lowest BCUT2D eigenvalue weighted by molar-refractivity contribution is -0.388. The number of alkyl halides is 3. The highest BCUT2D eigenvalue weighted by Gasteiger charge is 2.39. The third kappa shape index (κ3) is 5.51. The molecule has 2 aromatic carbocycles. The second kappa shape index (κ2) is 9.77. The molecule has 13 heteroatoms. The molecular formula is C19H18F3N3O5S2. The predicted molar refractivity (Wildman–Crippen MR) is 112 cm³/mol. The van der Waals surface area contributed by atoms with Crippen LogP contribution in [-0.2, 0) is 26.4 Å². The van der Waals surface area contributed by atoms with Crippen LogP contribution in [0.1, 0.15) is 0 Å². The van der Waals surface area contributed by atoms with Crippen LogP contribution in [0.15, 0.2) is 58.3 Å². The Morgan fingerprint density at radius 3 is 2.22 bits per heavy atom. The van der Waals surface area contributed by atoms with E-state index in [9.17, 15) is 36.5 Å². The Labute approximate surface area is 186 Å². The molecule has 1 aliphatic heterocycles. The molecule has 0 spiro atoms. The zero-order chi connectivity index (χ0) is 23.5. The van der Waals surface area contributed by atoms with Gasteiger partial charge in [-0.25, -0.2) is 4.21 Å². The molecule has 0 N–H and O–H groups in total. The van der Waals surface area contributed by atoms with Crippen LogP contribution in [0, 0.1) is 10.1 Å². The monoisotopic (exact) mass is 489 g/mol. The number of carbonyl (C=O) groups is 1. The fourth-order valence-electron chi connectivity index (χ4n) is 3.22. The fraction of sp³-hybridized carbons (Fsp3) is 0.316. The minimum atomic E-state index is -5.09. The molecule has 2 aromatic rings. The smallest absolute Gasteiger partial charge is 0.368 e. The number of rotatable bonds is 6. The topological polar surface area (TPSA) is 101 Å².